The van der Waals surface area contributed by atoms with E-state index in [2.05, 4.69) is 39.7 Å². The lowest BCUT2D eigenvalue weighted by molar-refractivity contribution is 0.125. The van der Waals surface area contributed by atoms with Gasteiger partial charge in [-0.25, -0.2) is 4.98 Å². The molecule has 0 radical (unpaired) electrons. The van der Waals surface area contributed by atoms with Crippen LogP contribution in [-0.2, 0) is 11.3 Å². The molecule has 0 atom stereocenters. The number of nitrogens with zero attached hydrogens (tertiary/aromatic N) is 3. The number of para-hydroxylation sites is 1. The zero-order valence-electron chi connectivity index (χ0n) is 17.4. The minimum atomic E-state index is 0.867. The van der Waals surface area contributed by atoms with E-state index in [9.17, 15) is 0 Å². The largest absolute Gasteiger partial charge is 0.381 e. The number of hydrogen-bond donors (Lipinski definition) is 0. The van der Waals surface area contributed by atoms with E-state index in [1.165, 1.54) is 62.3 Å². The molecule has 0 aliphatic rings. The first kappa shape index (κ1) is 20.8. The van der Waals surface area contributed by atoms with E-state index in [4.69, 9.17) is 4.74 Å². The summed E-state index contributed by atoms with van der Waals surface area (Å²) < 4.78 is 8.08. The van der Waals surface area contributed by atoms with Crippen LogP contribution < -0.4 is 0 Å². The quantitative estimate of drug-likeness (QED) is 0.298. The van der Waals surface area contributed by atoms with Gasteiger partial charge in [0.1, 0.15) is 5.52 Å². The standard InChI is InChI=1S/C24H35N3O/c1-2-3-4-5-6-7-8-12-17-28-18-13-11-16-27-20-26-23-19-25-22-15-10-9-14-21(22)24(23)27/h9-10,14-15,19-20H,2-8,11-13,16-18H2,1H3. The van der Waals surface area contributed by atoms with Gasteiger partial charge < -0.3 is 9.30 Å². The number of hydrogen-bond acceptors (Lipinski definition) is 3. The maximum absolute atomic E-state index is 5.82. The van der Waals surface area contributed by atoms with Gasteiger partial charge in [-0.2, -0.15) is 0 Å². The van der Waals surface area contributed by atoms with Crippen molar-refractivity contribution >= 4 is 21.9 Å². The van der Waals surface area contributed by atoms with Crippen LogP contribution in [0.1, 0.15) is 71.1 Å². The number of pyridine rings is 1. The highest BCUT2D eigenvalue weighted by Crippen LogP contribution is 2.22. The molecular formula is C24H35N3O. The van der Waals surface area contributed by atoms with Crippen molar-refractivity contribution in [3.8, 4) is 0 Å². The summed E-state index contributed by atoms with van der Waals surface area (Å²) in [6, 6.07) is 8.30. The van der Waals surface area contributed by atoms with Crippen LogP contribution in [0.15, 0.2) is 36.8 Å². The first-order chi connectivity index (χ1) is 13.9. The fraction of sp³-hybridized carbons (Fsp3) is 0.583. The molecule has 0 unspecified atom stereocenters. The Morgan fingerprint density at radius 2 is 1.50 bits per heavy atom. The van der Waals surface area contributed by atoms with Gasteiger partial charge in [-0.3, -0.25) is 4.98 Å². The van der Waals surface area contributed by atoms with E-state index in [0.29, 0.717) is 0 Å². The van der Waals surface area contributed by atoms with Crippen LogP contribution in [0.4, 0.5) is 0 Å². The summed E-state index contributed by atoms with van der Waals surface area (Å²) in [4.78, 5) is 9.01. The van der Waals surface area contributed by atoms with Crippen molar-refractivity contribution in [2.75, 3.05) is 13.2 Å². The lowest BCUT2D eigenvalue weighted by atomic mass is 10.1. The molecule has 0 saturated heterocycles. The Bertz CT molecular complexity index is 827. The molecule has 2 heterocycles. The molecule has 0 fully saturated rings. The molecule has 3 rings (SSSR count). The maximum atomic E-state index is 5.82. The van der Waals surface area contributed by atoms with Gasteiger partial charge in [0.25, 0.3) is 0 Å². The van der Waals surface area contributed by atoms with Gasteiger partial charge in [0.05, 0.1) is 23.6 Å². The maximum Gasteiger partial charge on any atom is 0.107 e. The second-order valence-corrected chi connectivity index (χ2v) is 7.74. The van der Waals surface area contributed by atoms with Gasteiger partial charge in [-0.15, -0.1) is 0 Å². The molecule has 4 heteroatoms. The molecule has 0 aliphatic carbocycles. The zero-order valence-corrected chi connectivity index (χ0v) is 17.4. The van der Waals surface area contributed by atoms with Crippen LogP contribution in [0.25, 0.3) is 21.9 Å². The minimum absolute atomic E-state index is 0.867. The highest BCUT2D eigenvalue weighted by atomic mass is 16.5. The fourth-order valence-corrected chi connectivity index (χ4v) is 3.80. The molecule has 0 N–H and O–H groups in total. The Hall–Kier alpha value is -1.94. The van der Waals surface area contributed by atoms with Crippen molar-refractivity contribution in [3.63, 3.8) is 0 Å². The third kappa shape index (κ3) is 6.03. The predicted molar refractivity (Wildman–Crippen MR) is 118 cm³/mol. The van der Waals surface area contributed by atoms with Crippen LogP contribution in [0.5, 0.6) is 0 Å². The highest BCUT2D eigenvalue weighted by Gasteiger charge is 2.07. The number of rotatable bonds is 14. The molecule has 1 aromatic carbocycles. The Morgan fingerprint density at radius 3 is 2.32 bits per heavy atom. The molecule has 0 aliphatic heterocycles. The van der Waals surface area contributed by atoms with Crippen LogP contribution in [0.3, 0.4) is 0 Å². The molecule has 4 nitrogen and oxygen atoms in total. The molecular weight excluding hydrogens is 346 g/mol. The third-order valence-electron chi connectivity index (χ3n) is 5.43. The van der Waals surface area contributed by atoms with Gasteiger partial charge >= 0.3 is 0 Å². The Labute approximate surface area is 169 Å². The Balaban J connectivity index is 1.30. The van der Waals surface area contributed by atoms with E-state index < -0.39 is 0 Å². The molecule has 0 spiro atoms. The first-order valence-electron chi connectivity index (χ1n) is 11.2. The molecule has 152 valence electrons. The van der Waals surface area contributed by atoms with Crippen LogP contribution in [0, 0.1) is 0 Å². The molecule has 0 saturated carbocycles. The zero-order chi connectivity index (χ0) is 19.4. The number of aryl methyl sites for hydroxylation is 1. The fourth-order valence-electron chi connectivity index (χ4n) is 3.80. The number of aromatic nitrogens is 3. The molecule has 3 aromatic rings. The highest BCUT2D eigenvalue weighted by molar-refractivity contribution is 6.01. The van der Waals surface area contributed by atoms with Gasteiger partial charge in [0.2, 0.25) is 0 Å². The van der Waals surface area contributed by atoms with E-state index in [-0.39, 0.29) is 0 Å². The summed E-state index contributed by atoms with van der Waals surface area (Å²) in [6.45, 7) is 5.03. The van der Waals surface area contributed by atoms with E-state index in [1.54, 1.807) is 0 Å². The minimum Gasteiger partial charge on any atom is -0.381 e. The van der Waals surface area contributed by atoms with E-state index >= 15 is 0 Å². The second-order valence-electron chi connectivity index (χ2n) is 7.74. The summed E-state index contributed by atoms with van der Waals surface area (Å²) in [5.74, 6) is 0. The summed E-state index contributed by atoms with van der Waals surface area (Å²) in [7, 11) is 0. The average Bonchev–Trinajstić information content (AvgIpc) is 3.15. The van der Waals surface area contributed by atoms with E-state index in [1.807, 2.05) is 18.6 Å². The van der Waals surface area contributed by atoms with Crippen LogP contribution in [0.2, 0.25) is 0 Å². The predicted octanol–water partition coefficient (Wildman–Crippen LogP) is 6.52. The molecule has 2 aromatic heterocycles. The van der Waals surface area contributed by atoms with Crippen molar-refractivity contribution in [3.05, 3.63) is 36.8 Å². The number of imidazole rings is 1. The van der Waals surface area contributed by atoms with Gasteiger partial charge in [-0.05, 0) is 25.3 Å². The number of ether oxygens (including phenoxy) is 1. The SMILES string of the molecule is CCCCCCCCCCOCCCCn1cnc2cnc3ccccc3c21. The van der Waals surface area contributed by atoms with E-state index in [0.717, 1.165) is 43.6 Å². The van der Waals surface area contributed by atoms with Crippen molar-refractivity contribution < 1.29 is 4.74 Å². The van der Waals surface area contributed by atoms with Crippen molar-refractivity contribution in [1.82, 2.24) is 14.5 Å². The lowest BCUT2D eigenvalue weighted by Crippen LogP contribution is -2.01. The topological polar surface area (TPSA) is 39.9 Å². The van der Waals surface area contributed by atoms with Crippen molar-refractivity contribution in [2.45, 2.75) is 77.7 Å². The normalized spacial score (nSPS) is 11.6. The summed E-state index contributed by atoms with van der Waals surface area (Å²) in [5, 5.41) is 1.18. The monoisotopic (exact) mass is 381 g/mol. The Morgan fingerprint density at radius 1 is 0.786 bits per heavy atom. The van der Waals surface area contributed by atoms with Gasteiger partial charge in [0.15, 0.2) is 0 Å². The summed E-state index contributed by atoms with van der Waals surface area (Å²) >= 11 is 0. The van der Waals surface area contributed by atoms with Gasteiger partial charge in [-0.1, -0.05) is 70.1 Å². The van der Waals surface area contributed by atoms with Crippen molar-refractivity contribution in [1.29, 1.82) is 0 Å². The number of unbranched alkanes of at least 4 members (excludes halogenated alkanes) is 8. The summed E-state index contributed by atoms with van der Waals surface area (Å²) in [5.41, 5.74) is 3.21. The first-order valence-corrected chi connectivity index (χ1v) is 11.2. The molecule has 0 bridgehead atoms. The Kier molecular flexibility index (Phi) is 8.76. The number of benzene rings is 1. The number of fused-ring (bicyclic) bond motifs is 3. The summed E-state index contributed by atoms with van der Waals surface area (Å²) in [6.07, 6.45) is 16.8. The lowest BCUT2D eigenvalue weighted by Gasteiger charge is -2.07. The van der Waals surface area contributed by atoms with Crippen LogP contribution >= 0.6 is 0 Å². The van der Waals surface area contributed by atoms with Crippen LogP contribution in [-0.4, -0.2) is 27.7 Å². The third-order valence-corrected chi connectivity index (χ3v) is 5.43. The average molecular weight is 382 g/mol. The van der Waals surface area contributed by atoms with Crippen molar-refractivity contribution in [2.24, 2.45) is 0 Å². The molecule has 0 amide bonds. The smallest absolute Gasteiger partial charge is 0.107 e. The second kappa shape index (κ2) is 11.8. The molecule has 28 heavy (non-hydrogen) atoms. The van der Waals surface area contributed by atoms with Gasteiger partial charge in [0, 0.05) is 25.1 Å².